The predicted molar refractivity (Wildman–Crippen MR) is 84.6 cm³/mol. The van der Waals surface area contributed by atoms with E-state index in [0.717, 1.165) is 24.8 Å². The van der Waals surface area contributed by atoms with Gasteiger partial charge in [-0.15, -0.1) is 0 Å². The van der Waals surface area contributed by atoms with E-state index >= 15 is 0 Å². The van der Waals surface area contributed by atoms with Crippen LogP contribution in [0, 0.1) is 11.3 Å². The lowest BCUT2D eigenvalue weighted by molar-refractivity contribution is 0.114. The highest BCUT2D eigenvalue weighted by Gasteiger charge is 2.55. The second-order valence-corrected chi connectivity index (χ2v) is 6.59. The molecule has 1 aromatic carbocycles. The Labute approximate surface area is 139 Å². The van der Waals surface area contributed by atoms with Crippen LogP contribution in [0.5, 0.6) is 6.01 Å². The Bertz CT molecular complexity index is 722. The van der Waals surface area contributed by atoms with E-state index in [1.807, 2.05) is 30.3 Å². The summed E-state index contributed by atoms with van der Waals surface area (Å²) in [6.07, 6.45) is 2.09. The Balaban J connectivity index is 1.30. The summed E-state index contributed by atoms with van der Waals surface area (Å²) in [4.78, 5) is 16.7. The van der Waals surface area contributed by atoms with Gasteiger partial charge in [-0.25, -0.2) is 4.79 Å². The zero-order chi connectivity index (χ0) is 16.6. The smallest absolute Gasteiger partial charge is 0.407 e. The van der Waals surface area contributed by atoms with Crippen LogP contribution in [-0.4, -0.2) is 45.9 Å². The van der Waals surface area contributed by atoms with Crippen LogP contribution >= 0.6 is 0 Å². The number of hydrogen-bond donors (Lipinski definition) is 1. The van der Waals surface area contributed by atoms with Crippen molar-refractivity contribution in [1.82, 2.24) is 15.0 Å². The molecule has 0 bridgehead atoms. The lowest BCUT2D eigenvalue weighted by atomic mass is 9.91. The summed E-state index contributed by atoms with van der Waals surface area (Å²) in [7, 11) is 0. The summed E-state index contributed by atoms with van der Waals surface area (Å²) in [6, 6.07) is 9.83. The number of rotatable bonds is 4. The van der Waals surface area contributed by atoms with E-state index in [0.29, 0.717) is 31.5 Å². The molecule has 1 aliphatic heterocycles. The molecule has 7 nitrogen and oxygen atoms in total. The number of carbonyl (C=O) groups is 1. The van der Waals surface area contributed by atoms with E-state index in [9.17, 15) is 4.79 Å². The molecule has 2 fully saturated rings. The van der Waals surface area contributed by atoms with E-state index in [-0.39, 0.29) is 11.4 Å². The van der Waals surface area contributed by atoms with Crippen molar-refractivity contribution in [2.24, 2.45) is 11.3 Å². The molecule has 0 radical (unpaired) electrons. The topological polar surface area (TPSA) is 88.7 Å². The molecule has 1 N–H and O–H groups in total. The molecule has 1 aromatic heterocycles. The third-order valence-corrected chi connectivity index (χ3v) is 5.23. The van der Waals surface area contributed by atoms with E-state index < -0.39 is 6.09 Å². The van der Waals surface area contributed by atoms with Gasteiger partial charge in [0.2, 0.25) is 0 Å². The molecule has 126 valence electrons. The zero-order valence-corrected chi connectivity index (χ0v) is 13.2. The highest BCUT2D eigenvalue weighted by molar-refractivity contribution is 5.65. The number of amides is 1. The number of hydrogen-bond acceptors (Lipinski definition) is 5. The largest absolute Gasteiger partial charge is 0.465 e. The number of nitrogens with zero attached hydrogens (tertiary/aromatic N) is 3. The summed E-state index contributed by atoms with van der Waals surface area (Å²) in [5.41, 5.74) is 1.11. The number of carboxylic acid groups (broad SMARTS) is 1. The highest BCUT2D eigenvalue weighted by atomic mass is 16.6. The van der Waals surface area contributed by atoms with Gasteiger partial charge in [-0.1, -0.05) is 18.2 Å². The van der Waals surface area contributed by atoms with Gasteiger partial charge in [-0.3, -0.25) is 0 Å². The minimum Gasteiger partial charge on any atom is -0.465 e. The van der Waals surface area contributed by atoms with Crippen LogP contribution in [0.15, 0.2) is 34.9 Å². The molecule has 1 saturated heterocycles. The Morgan fingerprint density at radius 3 is 2.79 bits per heavy atom. The molecule has 1 saturated carbocycles. The lowest BCUT2D eigenvalue weighted by Gasteiger charge is -2.30. The third-order valence-electron chi connectivity index (χ3n) is 5.23. The molecule has 1 spiro atoms. The van der Waals surface area contributed by atoms with Crippen molar-refractivity contribution in [2.45, 2.75) is 19.3 Å². The molecule has 1 amide bonds. The number of ether oxygens (including phenoxy) is 1. The van der Waals surface area contributed by atoms with Gasteiger partial charge in [-0.05, 0) is 47.9 Å². The summed E-state index contributed by atoms with van der Waals surface area (Å²) < 4.78 is 10.9. The number of likely N-dealkylation sites (tertiary alicyclic amines) is 1. The van der Waals surface area contributed by atoms with Crippen molar-refractivity contribution in [3.05, 3.63) is 30.3 Å². The van der Waals surface area contributed by atoms with Crippen LogP contribution in [0.4, 0.5) is 4.79 Å². The molecular formula is C17H19N3O4. The second-order valence-electron chi connectivity index (χ2n) is 6.59. The van der Waals surface area contributed by atoms with Gasteiger partial charge in [0, 0.05) is 18.7 Å². The summed E-state index contributed by atoms with van der Waals surface area (Å²) in [5, 5.41) is 12.9. The molecule has 2 aliphatic rings. The molecule has 4 rings (SSSR count). The highest BCUT2D eigenvalue weighted by Crippen LogP contribution is 2.59. The standard InChI is InChI=1S/C17H19N3O4/c21-16(22)20-8-6-17(7-9-20)10-13(17)11-23-15-18-14(24-19-15)12-4-2-1-3-5-12/h1-5,13H,6-11H2,(H,21,22)/t13-/m0/s1. The first-order valence-corrected chi connectivity index (χ1v) is 8.16. The van der Waals surface area contributed by atoms with Crippen molar-refractivity contribution < 1.29 is 19.2 Å². The SMILES string of the molecule is O=C(O)N1CCC2(CC1)C[C@H]2COc1noc(-c2ccccc2)n1. The first-order chi connectivity index (χ1) is 11.7. The Morgan fingerprint density at radius 1 is 1.33 bits per heavy atom. The van der Waals surface area contributed by atoms with Crippen LogP contribution in [0.2, 0.25) is 0 Å². The average Bonchev–Trinajstić information content (AvgIpc) is 3.06. The molecular weight excluding hydrogens is 310 g/mol. The Kier molecular flexibility index (Phi) is 3.63. The van der Waals surface area contributed by atoms with Crippen LogP contribution in [-0.2, 0) is 0 Å². The van der Waals surface area contributed by atoms with E-state index in [1.54, 1.807) is 0 Å². The van der Waals surface area contributed by atoms with Gasteiger partial charge >= 0.3 is 12.1 Å². The van der Waals surface area contributed by atoms with Gasteiger partial charge in [0.05, 0.1) is 6.61 Å². The van der Waals surface area contributed by atoms with Crippen molar-refractivity contribution >= 4 is 6.09 Å². The van der Waals surface area contributed by atoms with Gasteiger partial charge in [-0.2, -0.15) is 4.98 Å². The van der Waals surface area contributed by atoms with Crippen LogP contribution in [0.25, 0.3) is 11.5 Å². The molecule has 0 unspecified atom stereocenters. The predicted octanol–water partition coefficient (Wildman–Crippen LogP) is 2.90. The van der Waals surface area contributed by atoms with Crippen LogP contribution in [0.1, 0.15) is 19.3 Å². The van der Waals surface area contributed by atoms with E-state index in [2.05, 4.69) is 10.1 Å². The fourth-order valence-electron chi connectivity index (χ4n) is 3.56. The third kappa shape index (κ3) is 2.81. The van der Waals surface area contributed by atoms with Gasteiger partial charge in [0.1, 0.15) is 0 Å². The van der Waals surface area contributed by atoms with Crippen molar-refractivity contribution in [2.75, 3.05) is 19.7 Å². The Morgan fingerprint density at radius 2 is 2.08 bits per heavy atom. The molecule has 7 heteroatoms. The molecule has 2 heterocycles. The molecule has 1 atom stereocenters. The minimum absolute atomic E-state index is 0.248. The maximum absolute atomic E-state index is 11.0. The van der Waals surface area contributed by atoms with Gasteiger partial charge in [0.15, 0.2) is 0 Å². The lowest BCUT2D eigenvalue weighted by Crippen LogP contribution is -2.38. The maximum atomic E-state index is 11.0. The average molecular weight is 329 g/mol. The minimum atomic E-state index is -0.821. The number of piperidine rings is 1. The summed E-state index contributed by atoms with van der Waals surface area (Å²) >= 11 is 0. The molecule has 1 aliphatic carbocycles. The van der Waals surface area contributed by atoms with Crippen molar-refractivity contribution in [1.29, 1.82) is 0 Å². The van der Waals surface area contributed by atoms with Gasteiger partial charge in [0.25, 0.3) is 5.89 Å². The number of aromatic nitrogens is 2. The monoisotopic (exact) mass is 329 g/mol. The second kappa shape index (κ2) is 5.81. The number of benzene rings is 1. The fourth-order valence-corrected chi connectivity index (χ4v) is 3.56. The quantitative estimate of drug-likeness (QED) is 0.928. The van der Waals surface area contributed by atoms with Crippen molar-refractivity contribution in [3.8, 4) is 17.5 Å². The van der Waals surface area contributed by atoms with Crippen LogP contribution < -0.4 is 4.74 Å². The van der Waals surface area contributed by atoms with Gasteiger partial charge < -0.3 is 19.3 Å². The Hall–Kier alpha value is -2.57. The van der Waals surface area contributed by atoms with Crippen LogP contribution in [0.3, 0.4) is 0 Å². The first kappa shape index (κ1) is 15.0. The van der Waals surface area contributed by atoms with Crippen molar-refractivity contribution in [3.63, 3.8) is 0 Å². The zero-order valence-electron chi connectivity index (χ0n) is 13.2. The normalized spacial score (nSPS) is 21.7. The summed E-state index contributed by atoms with van der Waals surface area (Å²) in [5.74, 6) is 0.901. The van der Waals surface area contributed by atoms with E-state index in [4.69, 9.17) is 14.4 Å². The maximum Gasteiger partial charge on any atom is 0.407 e. The van der Waals surface area contributed by atoms with E-state index in [1.165, 1.54) is 4.90 Å². The summed E-state index contributed by atoms with van der Waals surface area (Å²) in [6.45, 7) is 1.79. The molecule has 2 aromatic rings. The fraction of sp³-hybridized carbons (Fsp3) is 0.471. The molecule has 24 heavy (non-hydrogen) atoms. The first-order valence-electron chi connectivity index (χ1n) is 8.16.